The molecule has 1 N–H and O–H groups in total. The van der Waals surface area contributed by atoms with Crippen LogP contribution < -0.4 is 0 Å². The molecule has 0 aromatic carbocycles. The van der Waals surface area contributed by atoms with Gasteiger partial charge < -0.3 is 5.11 Å². The maximum absolute atomic E-state index is 9.63. The Labute approximate surface area is 72.9 Å². The summed E-state index contributed by atoms with van der Waals surface area (Å²) in [4.78, 5) is 0. The first-order valence-corrected chi connectivity index (χ1v) is 5.22. The molecule has 0 saturated carbocycles. The molecular weight excluding hydrogens is 156 g/mol. The van der Waals surface area contributed by atoms with Gasteiger partial charge in [0.15, 0.2) is 0 Å². The van der Waals surface area contributed by atoms with Crippen LogP contribution in [0.3, 0.4) is 0 Å². The first-order valence-electron chi connectivity index (χ1n) is 4.17. The summed E-state index contributed by atoms with van der Waals surface area (Å²) in [5, 5.41) is 10.0. The van der Waals surface area contributed by atoms with Gasteiger partial charge in [0.25, 0.3) is 0 Å². The minimum absolute atomic E-state index is 0.278. The highest BCUT2D eigenvalue weighted by molar-refractivity contribution is 8.00. The van der Waals surface area contributed by atoms with Gasteiger partial charge in [-0.25, -0.2) is 0 Å². The molecule has 1 aliphatic heterocycles. The molecule has 0 bridgehead atoms. The van der Waals surface area contributed by atoms with E-state index in [0.717, 1.165) is 12.0 Å². The maximum Gasteiger partial charge on any atom is 0.0863 e. The zero-order chi connectivity index (χ0) is 8.27. The summed E-state index contributed by atoms with van der Waals surface area (Å²) in [6.07, 6.45) is 3.45. The molecule has 0 amide bonds. The standard InChI is InChI=1S/C9H16OS/c1-7(2)9(10)8-5-3-4-6-11-8/h8-10H,1,3-6H2,2H3. The fourth-order valence-corrected chi connectivity index (χ4v) is 2.75. The second-order valence-corrected chi connectivity index (χ2v) is 4.54. The summed E-state index contributed by atoms with van der Waals surface area (Å²) in [7, 11) is 0. The van der Waals surface area contributed by atoms with Crippen molar-refractivity contribution in [2.45, 2.75) is 37.5 Å². The van der Waals surface area contributed by atoms with Crippen molar-refractivity contribution < 1.29 is 5.11 Å². The van der Waals surface area contributed by atoms with E-state index >= 15 is 0 Å². The predicted octanol–water partition coefficient (Wildman–Crippen LogP) is 2.21. The molecule has 2 heteroatoms. The van der Waals surface area contributed by atoms with Crippen LogP contribution in [-0.4, -0.2) is 22.2 Å². The summed E-state index contributed by atoms with van der Waals surface area (Å²) in [5.74, 6) is 1.20. The van der Waals surface area contributed by atoms with Crippen molar-refractivity contribution in [3.8, 4) is 0 Å². The zero-order valence-corrected chi connectivity index (χ0v) is 7.86. The van der Waals surface area contributed by atoms with Gasteiger partial charge in [0.05, 0.1) is 6.10 Å². The Bertz CT molecular complexity index is 138. The monoisotopic (exact) mass is 172 g/mol. The first kappa shape index (κ1) is 9.14. The van der Waals surface area contributed by atoms with E-state index in [4.69, 9.17) is 0 Å². The second kappa shape index (κ2) is 4.17. The molecule has 2 unspecified atom stereocenters. The third kappa shape index (κ3) is 2.53. The number of thioether (sulfide) groups is 1. The van der Waals surface area contributed by atoms with Gasteiger partial charge in [0.2, 0.25) is 0 Å². The molecule has 1 rings (SSSR count). The van der Waals surface area contributed by atoms with Crippen molar-refractivity contribution in [2.24, 2.45) is 0 Å². The molecule has 0 radical (unpaired) electrons. The Hall–Kier alpha value is 0.0500. The number of hydrogen-bond donors (Lipinski definition) is 1. The number of aliphatic hydroxyl groups excluding tert-OH is 1. The van der Waals surface area contributed by atoms with E-state index in [-0.39, 0.29) is 6.10 Å². The molecule has 0 aromatic rings. The minimum atomic E-state index is -0.278. The Morgan fingerprint density at radius 1 is 1.64 bits per heavy atom. The van der Waals surface area contributed by atoms with Crippen LogP contribution in [0, 0.1) is 0 Å². The quantitative estimate of drug-likeness (QED) is 0.644. The Morgan fingerprint density at radius 3 is 2.82 bits per heavy atom. The number of hydrogen-bond acceptors (Lipinski definition) is 2. The zero-order valence-electron chi connectivity index (χ0n) is 7.05. The van der Waals surface area contributed by atoms with Gasteiger partial charge in [0.1, 0.15) is 0 Å². The van der Waals surface area contributed by atoms with E-state index in [2.05, 4.69) is 6.58 Å². The maximum atomic E-state index is 9.63. The third-order valence-corrected chi connectivity index (χ3v) is 3.52. The van der Waals surface area contributed by atoms with Crippen molar-refractivity contribution in [3.05, 3.63) is 12.2 Å². The summed E-state index contributed by atoms with van der Waals surface area (Å²) in [6, 6.07) is 0. The van der Waals surface area contributed by atoms with Crippen LogP contribution in [0.25, 0.3) is 0 Å². The highest BCUT2D eigenvalue weighted by Gasteiger charge is 2.22. The Balaban J connectivity index is 2.38. The SMILES string of the molecule is C=C(C)C(O)C1CCCCS1. The summed E-state index contributed by atoms with van der Waals surface area (Å²) in [5.41, 5.74) is 0.907. The van der Waals surface area contributed by atoms with Crippen molar-refractivity contribution in [1.82, 2.24) is 0 Å². The summed E-state index contributed by atoms with van der Waals surface area (Å²) < 4.78 is 0. The lowest BCUT2D eigenvalue weighted by molar-refractivity contribution is 0.201. The highest BCUT2D eigenvalue weighted by atomic mass is 32.2. The molecule has 1 nitrogen and oxygen atoms in total. The molecule has 1 fully saturated rings. The van der Waals surface area contributed by atoms with Crippen LogP contribution >= 0.6 is 11.8 Å². The van der Waals surface area contributed by atoms with Gasteiger partial charge in [-0.2, -0.15) is 11.8 Å². The molecular formula is C9H16OS. The van der Waals surface area contributed by atoms with Gasteiger partial charge >= 0.3 is 0 Å². The van der Waals surface area contributed by atoms with E-state index in [9.17, 15) is 5.11 Å². The van der Waals surface area contributed by atoms with Gasteiger partial charge in [0, 0.05) is 5.25 Å². The minimum Gasteiger partial charge on any atom is -0.388 e. The average Bonchev–Trinajstić information content (AvgIpc) is 2.05. The molecule has 1 heterocycles. The van der Waals surface area contributed by atoms with Crippen LogP contribution in [0.4, 0.5) is 0 Å². The summed E-state index contributed by atoms with van der Waals surface area (Å²) >= 11 is 1.89. The Kier molecular flexibility index (Phi) is 3.46. The van der Waals surface area contributed by atoms with Crippen molar-refractivity contribution >= 4 is 11.8 Å². The van der Waals surface area contributed by atoms with Gasteiger partial charge in [-0.15, -0.1) is 0 Å². The van der Waals surface area contributed by atoms with Crippen LogP contribution in [0.2, 0.25) is 0 Å². The first-order chi connectivity index (χ1) is 5.22. The molecule has 1 aliphatic rings. The molecule has 64 valence electrons. The average molecular weight is 172 g/mol. The number of aliphatic hydroxyl groups is 1. The molecule has 2 atom stereocenters. The van der Waals surface area contributed by atoms with Crippen LogP contribution in [0.5, 0.6) is 0 Å². The van der Waals surface area contributed by atoms with E-state index in [1.807, 2.05) is 18.7 Å². The third-order valence-electron chi connectivity index (χ3n) is 2.07. The van der Waals surface area contributed by atoms with E-state index in [0.29, 0.717) is 5.25 Å². The lowest BCUT2D eigenvalue weighted by Gasteiger charge is -2.26. The molecule has 0 aromatic heterocycles. The second-order valence-electron chi connectivity index (χ2n) is 3.20. The van der Waals surface area contributed by atoms with Crippen LogP contribution in [-0.2, 0) is 0 Å². The smallest absolute Gasteiger partial charge is 0.0863 e. The lowest BCUT2D eigenvalue weighted by Crippen LogP contribution is -2.26. The van der Waals surface area contributed by atoms with Gasteiger partial charge in [-0.1, -0.05) is 18.6 Å². The molecule has 0 spiro atoms. The predicted molar refractivity (Wildman–Crippen MR) is 50.9 cm³/mol. The van der Waals surface area contributed by atoms with Crippen LogP contribution in [0.1, 0.15) is 26.2 Å². The molecule has 0 aliphatic carbocycles. The highest BCUT2D eigenvalue weighted by Crippen LogP contribution is 2.29. The van der Waals surface area contributed by atoms with Crippen molar-refractivity contribution in [3.63, 3.8) is 0 Å². The Morgan fingerprint density at radius 2 is 2.36 bits per heavy atom. The summed E-state index contributed by atoms with van der Waals surface area (Å²) in [6.45, 7) is 5.67. The van der Waals surface area contributed by atoms with E-state index < -0.39 is 0 Å². The van der Waals surface area contributed by atoms with Gasteiger partial charge in [-0.05, 0) is 25.5 Å². The normalized spacial score (nSPS) is 28.0. The lowest BCUT2D eigenvalue weighted by atomic mass is 10.0. The fraction of sp³-hybridized carbons (Fsp3) is 0.778. The molecule has 1 saturated heterocycles. The van der Waals surface area contributed by atoms with E-state index in [1.165, 1.54) is 18.6 Å². The van der Waals surface area contributed by atoms with E-state index in [1.54, 1.807) is 0 Å². The van der Waals surface area contributed by atoms with Crippen LogP contribution in [0.15, 0.2) is 12.2 Å². The van der Waals surface area contributed by atoms with Crippen molar-refractivity contribution in [1.29, 1.82) is 0 Å². The number of rotatable bonds is 2. The van der Waals surface area contributed by atoms with Crippen molar-refractivity contribution in [2.75, 3.05) is 5.75 Å². The topological polar surface area (TPSA) is 20.2 Å². The largest absolute Gasteiger partial charge is 0.388 e. The fourth-order valence-electron chi connectivity index (χ4n) is 1.33. The van der Waals surface area contributed by atoms with Gasteiger partial charge in [-0.3, -0.25) is 0 Å². The molecule has 11 heavy (non-hydrogen) atoms.